The molecule has 1 aliphatic heterocycles. The number of nitrogens with zero attached hydrogens (tertiary/aromatic N) is 4. The predicted molar refractivity (Wildman–Crippen MR) is 85.9 cm³/mol. The zero-order chi connectivity index (χ0) is 14.1. The van der Waals surface area contributed by atoms with Gasteiger partial charge >= 0.3 is 0 Å². The van der Waals surface area contributed by atoms with Crippen LogP contribution in [0.3, 0.4) is 0 Å². The van der Waals surface area contributed by atoms with Gasteiger partial charge in [-0.2, -0.15) is 0 Å². The van der Waals surface area contributed by atoms with Crippen molar-refractivity contribution >= 4 is 16.5 Å². The lowest BCUT2D eigenvalue weighted by atomic mass is 10.3. The van der Waals surface area contributed by atoms with Crippen molar-refractivity contribution < 1.29 is 0 Å². The van der Waals surface area contributed by atoms with Crippen LogP contribution in [-0.2, 0) is 19.4 Å². The fourth-order valence-corrected chi connectivity index (χ4v) is 4.33. The van der Waals surface area contributed by atoms with Gasteiger partial charge in [0.25, 0.3) is 0 Å². The number of aryl methyl sites for hydroxylation is 2. The molecule has 1 aliphatic carbocycles. The molecule has 3 heterocycles. The summed E-state index contributed by atoms with van der Waals surface area (Å²) in [5.41, 5.74) is 2.53. The molecule has 4 nitrogen and oxygen atoms in total. The van der Waals surface area contributed by atoms with E-state index in [0.717, 1.165) is 32.7 Å². The zero-order valence-electron chi connectivity index (χ0n) is 12.2. The predicted octanol–water partition coefficient (Wildman–Crippen LogP) is 2.35. The van der Waals surface area contributed by atoms with E-state index in [1.807, 2.05) is 23.6 Å². The summed E-state index contributed by atoms with van der Waals surface area (Å²) in [6.45, 7) is 5.32. The number of pyridine rings is 1. The van der Waals surface area contributed by atoms with Crippen LogP contribution in [0, 0.1) is 0 Å². The Morgan fingerprint density at radius 2 is 2.00 bits per heavy atom. The van der Waals surface area contributed by atoms with Gasteiger partial charge in [0, 0.05) is 43.8 Å². The molecular formula is C16H20N4S. The quantitative estimate of drug-likeness (QED) is 0.871. The first-order valence-corrected chi connectivity index (χ1v) is 8.56. The highest BCUT2D eigenvalue weighted by molar-refractivity contribution is 7.15. The molecule has 0 radical (unpaired) electrons. The van der Waals surface area contributed by atoms with Crippen LogP contribution in [0.25, 0.3) is 0 Å². The average Bonchev–Trinajstić information content (AvgIpc) is 3.10. The highest BCUT2D eigenvalue weighted by atomic mass is 32.1. The molecule has 1 saturated heterocycles. The Balaban J connectivity index is 1.36. The molecule has 0 amide bonds. The fourth-order valence-electron chi connectivity index (χ4n) is 3.13. The van der Waals surface area contributed by atoms with E-state index in [2.05, 4.69) is 26.9 Å². The van der Waals surface area contributed by atoms with E-state index in [4.69, 9.17) is 4.98 Å². The van der Waals surface area contributed by atoms with Gasteiger partial charge in [0.05, 0.1) is 11.4 Å². The number of anilines is 1. The largest absolute Gasteiger partial charge is 0.346 e. The lowest BCUT2D eigenvalue weighted by molar-refractivity contribution is 0.247. The third-order valence-corrected chi connectivity index (χ3v) is 5.56. The summed E-state index contributed by atoms with van der Waals surface area (Å²) < 4.78 is 0. The normalized spacial score (nSPS) is 19.0. The van der Waals surface area contributed by atoms with Crippen LogP contribution < -0.4 is 4.90 Å². The molecule has 21 heavy (non-hydrogen) atoms. The lowest BCUT2D eigenvalue weighted by Gasteiger charge is -2.34. The van der Waals surface area contributed by atoms with E-state index in [0.29, 0.717) is 0 Å². The highest BCUT2D eigenvalue weighted by Gasteiger charge is 2.23. The van der Waals surface area contributed by atoms with Gasteiger partial charge in [-0.15, -0.1) is 11.3 Å². The highest BCUT2D eigenvalue weighted by Crippen LogP contribution is 2.32. The second-order valence-corrected chi connectivity index (χ2v) is 6.87. The number of rotatable bonds is 3. The third kappa shape index (κ3) is 2.80. The molecule has 110 valence electrons. The Morgan fingerprint density at radius 3 is 2.76 bits per heavy atom. The third-order valence-electron chi connectivity index (χ3n) is 4.34. The first-order valence-electron chi connectivity index (χ1n) is 7.74. The van der Waals surface area contributed by atoms with E-state index in [1.165, 1.54) is 40.7 Å². The molecule has 0 N–H and O–H groups in total. The molecule has 0 bridgehead atoms. The van der Waals surface area contributed by atoms with Crippen LogP contribution in [0.2, 0.25) is 0 Å². The van der Waals surface area contributed by atoms with Crippen LogP contribution in [-0.4, -0.2) is 41.0 Å². The van der Waals surface area contributed by atoms with Crippen molar-refractivity contribution in [3.8, 4) is 0 Å². The van der Waals surface area contributed by atoms with E-state index >= 15 is 0 Å². The first-order chi connectivity index (χ1) is 10.4. The van der Waals surface area contributed by atoms with Crippen molar-refractivity contribution in [2.45, 2.75) is 25.8 Å². The van der Waals surface area contributed by atoms with E-state index < -0.39 is 0 Å². The van der Waals surface area contributed by atoms with E-state index in [9.17, 15) is 0 Å². The number of piperazine rings is 1. The second kappa shape index (κ2) is 5.73. The summed E-state index contributed by atoms with van der Waals surface area (Å²) >= 11 is 1.92. The van der Waals surface area contributed by atoms with Crippen LogP contribution in [0.4, 0.5) is 5.13 Å². The maximum absolute atomic E-state index is 4.84. The van der Waals surface area contributed by atoms with Crippen LogP contribution in [0.15, 0.2) is 24.4 Å². The molecule has 0 atom stereocenters. The topological polar surface area (TPSA) is 32.3 Å². The van der Waals surface area contributed by atoms with Crippen LogP contribution >= 0.6 is 11.3 Å². The molecule has 2 aliphatic rings. The summed E-state index contributed by atoms with van der Waals surface area (Å²) in [5, 5.41) is 1.25. The standard InChI is InChI=1S/C16H20N4S/c1-2-7-17-13(4-1)12-19-8-10-20(11-9-19)16-18-14-5-3-6-15(14)21-16/h1-2,4,7H,3,5-6,8-12H2. The molecule has 0 saturated carbocycles. The number of fused-ring (bicyclic) bond motifs is 1. The summed E-state index contributed by atoms with van der Waals surface area (Å²) in [6.07, 6.45) is 5.60. The fraction of sp³-hybridized carbons (Fsp3) is 0.500. The van der Waals surface area contributed by atoms with Crippen LogP contribution in [0.1, 0.15) is 22.7 Å². The summed E-state index contributed by atoms with van der Waals surface area (Å²) in [5.74, 6) is 0. The Hall–Kier alpha value is -1.46. The van der Waals surface area contributed by atoms with Gasteiger partial charge in [-0.05, 0) is 31.4 Å². The number of hydrogen-bond donors (Lipinski definition) is 0. The van der Waals surface area contributed by atoms with Gasteiger partial charge in [0.2, 0.25) is 0 Å². The maximum Gasteiger partial charge on any atom is 0.185 e. The van der Waals surface area contributed by atoms with Crippen molar-refractivity contribution in [1.29, 1.82) is 0 Å². The first kappa shape index (κ1) is 13.2. The SMILES string of the molecule is c1ccc(CN2CCN(c3nc4c(s3)CCC4)CC2)nc1. The molecule has 5 heteroatoms. The number of aromatic nitrogens is 2. The van der Waals surface area contributed by atoms with Crippen molar-refractivity contribution in [3.63, 3.8) is 0 Å². The van der Waals surface area contributed by atoms with Gasteiger partial charge in [-0.25, -0.2) is 4.98 Å². The zero-order valence-corrected chi connectivity index (χ0v) is 13.0. The Bertz CT molecular complexity index is 580. The minimum Gasteiger partial charge on any atom is -0.346 e. The number of hydrogen-bond acceptors (Lipinski definition) is 5. The van der Waals surface area contributed by atoms with Crippen molar-refractivity contribution in [2.24, 2.45) is 0 Å². The molecule has 0 unspecified atom stereocenters. The summed E-state index contributed by atoms with van der Waals surface area (Å²) in [6, 6.07) is 6.15. The van der Waals surface area contributed by atoms with Gasteiger partial charge < -0.3 is 4.90 Å². The van der Waals surface area contributed by atoms with Gasteiger partial charge in [0.15, 0.2) is 5.13 Å². The minimum absolute atomic E-state index is 0.961. The molecule has 0 spiro atoms. The Morgan fingerprint density at radius 1 is 1.10 bits per heavy atom. The van der Waals surface area contributed by atoms with Crippen molar-refractivity contribution in [2.75, 3.05) is 31.1 Å². The average molecular weight is 300 g/mol. The molecule has 2 aromatic heterocycles. The lowest BCUT2D eigenvalue weighted by Crippen LogP contribution is -2.46. The van der Waals surface area contributed by atoms with Gasteiger partial charge in [-0.1, -0.05) is 6.07 Å². The smallest absolute Gasteiger partial charge is 0.185 e. The summed E-state index contributed by atoms with van der Waals surface area (Å²) in [4.78, 5) is 15.7. The number of thiazole rings is 1. The molecular weight excluding hydrogens is 280 g/mol. The Labute approximate surface area is 129 Å². The molecule has 4 rings (SSSR count). The van der Waals surface area contributed by atoms with E-state index in [1.54, 1.807) is 0 Å². The van der Waals surface area contributed by atoms with Gasteiger partial charge in [-0.3, -0.25) is 9.88 Å². The minimum atomic E-state index is 0.961. The summed E-state index contributed by atoms with van der Waals surface area (Å²) in [7, 11) is 0. The Kier molecular flexibility index (Phi) is 3.61. The molecule has 0 aromatic carbocycles. The van der Waals surface area contributed by atoms with Crippen LogP contribution in [0.5, 0.6) is 0 Å². The second-order valence-electron chi connectivity index (χ2n) is 5.80. The monoisotopic (exact) mass is 300 g/mol. The van der Waals surface area contributed by atoms with Crippen molar-refractivity contribution in [1.82, 2.24) is 14.9 Å². The van der Waals surface area contributed by atoms with Gasteiger partial charge in [0.1, 0.15) is 0 Å². The molecule has 2 aromatic rings. The van der Waals surface area contributed by atoms with Crippen molar-refractivity contribution in [3.05, 3.63) is 40.7 Å². The van der Waals surface area contributed by atoms with E-state index in [-0.39, 0.29) is 0 Å². The molecule has 1 fully saturated rings. The maximum atomic E-state index is 4.84.